The zero-order valence-corrected chi connectivity index (χ0v) is 13.6. The molecule has 1 aliphatic rings. The standard InChI is InChI=1S/C16H20N4OS/c1-19(2)6-7-20-15(21)10-13(18-16(20)17)11-3-4-14-12(9-11)5-8-22-14/h3-5,8-9,13H,6-7,10H2,1-2H3,(H2,17,18)/t13-/m0/s1. The van der Waals surface area contributed by atoms with Crippen molar-refractivity contribution in [3.63, 3.8) is 0 Å². The first-order chi connectivity index (χ1) is 10.5. The first kappa shape index (κ1) is 15.0. The van der Waals surface area contributed by atoms with Crippen LogP contribution in [0, 0.1) is 0 Å². The molecule has 2 aromatic rings. The second-order valence-corrected chi connectivity index (χ2v) is 6.72. The van der Waals surface area contributed by atoms with Crippen LogP contribution in [0.15, 0.2) is 34.6 Å². The Morgan fingerprint density at radius 2 is 2.23 bits per heavy atom. The Bertz CT molecular complexity index is 722. The lowest BCUT2D eigenvalue weighted by Crippen LogP contribution is -2.48. The van der Waals surface area contributed by atoms with Crippen LogP contribution in [0.1, 0.15) is 18.0 Å². The fourth-order valence-corrected chi connectivity index (χ4v) is 3.37. The van der Waals surface area contributed by atoms with Crippen LogP contribution in [0.25, 0.3) is 10.1 Å². The van der Waals surface area contributed by atoms with Gasteiger partial charge >= 0.3 is 0 Å². The number of thiophene rings is 1. The molecule has 0 aliphatic carbocycles. The van der Waals surface area contributed by atoms with Crippen molar-refractivity contribution in [2.75, 3.05) is 27.2 Å². The molecule has 6 heteroatoms. The Morgan fingerprint density at radius 1 is 1.41 bits per heavy atom. The van der Waals surface area contributed by atoms with Crippen LogP contribution in [-0.2, 0) is 4.79 Å². The minimum atomic E-state index is -0.174. The highest BCUT2D eigenvalue weighted by molar-refractivity contribution is 7.17. The van der Waals surface area contributed by atoms with Gasteiger partial charge in [-0.3, -0.25) is 9.69 Å². The van der Waals surface area contributed by atoms with Crippen molar-refractivity contribution in [3.8, 4) is 0 Å². The number of benzene rings is 1. The highest BCUT2D eigenvalue weighted by atomic mass is 32.1. The number of fused-ring (bicyclic) bond motifs is 1. The molecule has 1 atom stereocenters. The minimum absolute atomic E-state index is 0.0461. The van der Waals surface area contributed by atoms with Gasteiger partial charge in [0.05, 0.1) is 12.5 Å². The number of rotatable bonds is 4. The lowest BCUT2D eigenvalue weighted by atomic mass is 10.0. The van der Waals surface area contributed by atoms with Gasteiger partial charge in [-0.25, -0.2) is 4.99 Å². The van der Waals surface area contributed by atoms with Gasteiger partial charge in [0.2, 0.25) is 5.91 Å². The maximum atomic E-state index is 12.4. The summed E-state index contributed by atoms with van der Waals surface area (Å²) < 4.78 is 1.25. The molecular weight excluding hydrogens is 296 g/mol. The fraction of sp³-hybridized carbons (Fsp3) is 0.375. The Morgan fingerprint density at radius 3 is 2.95 bits per heavy atom. The number of nitrogens with two attached hydrogens (primary N) is 1. The Labute approximate surface area is 134 Å². The third kappa shape index (κ3) is 2.98. The van der Waals surface area contributed by atoms with Crippen molar-refractivity contribution >= 4 is 33.3 Å². The normalized spacial score (nSPS) is 19.0. The van der Waals surface area contributed by atoms with E-state index < -0.39 is 0 Å². The number of likely N-dealkylation sites (N-methyl/N-ethyl adjacent to an activating group) is 1. The van der Waals surface area contributed by atoms with Crippen LogP contribution in [0.5, 0.6) is 0 Å². The summed E-state index contributed by atoms with van der Waals surface area (Å²) in [6, 6.07) is 8.15. The van der Waals surface area contributed by atoms with Crippen LogP contribution >= 0.6 is 11.3 Å². The summed E-state index contributed by atoms with van der Waals surface area (Å²) in [6.07, 6.45) is 0.379. The van der Waals surface area contributed by atoms with Crippen molar-refractivity contribution in [3.05, 3.63) is 35.2 Å². The number of guanidine groups is 1. The van der Waals surface area contributed by atoms with E-state index in [0.29, 0.717) is 18.9 Å². The van der Waals surface area contributed by atoms with Gasteiger partial charge in [0.1, 0.15) is 0 Å². The first-order valence-electron chi connectivity index (χ1n) is 7.30. The monoisotopic (exact) mass is 316 g/mol. The summed E-state index contributed by atoms with van der Waals surface area (Å²) in [4.78, 5) is 20.5. The summed E-state index contributed by atoms with van der Waals surface area (Å²) in [7, 11) is 3.95. The Kier molecular flexibility index (Phi) is 4.13. The van der Waals surface area contributed by atoms with Gasteiger partial charge < -0.3 is 10.6 Å². The first-order valence-corrected chi connectivity index (χ1v) is 8.18. The Hall–Kier alpha value is -1.92. The molecular formula is C16H20N4OS. The van der Waals surface area contributed by atoms with Gasteiger partial charge in [-0.1, -0.05) is 6.07 Å². The molecule has 5 nitrogen and oxygen atoms in total. The molecule has 0 saturated heterocycles. The molecule has 0 bridgehead atoms. The summed E-state index contributed by atoms with van der Waals surface area (Å²) in [6.45, 7) is 1.35. The molecule has 2 heterocycles. The van der Waals surface area contributed by atoms with Gasteiger partial charge in [0.25, 0.3) is 0 Å². The van der Waals surface area contributed by atoms with E-state index in [1.807, 2.05) is 25.1 Å². The van der Waals surface area contributed by atoms with Crippen molar-refractivity contribution in [1.29, 1.82) is 0 Å². The van der Waals surface area contributed by atoms with Gasteiger partial charge in [0.15, 0.2) is 5.96 Å². The number of nitrogens with zero attached hydrogens (tertiary/aromatic N) is 3. The summed E-state index contributed by atoms with van der Waals surface area (Å²) in [5, 5.41) is 3.26. The molecule has 22 heavy (non-hydrogen) atoms. The molecule has 0 spiro atoms. The number of aliphatic imine (C=N–C) groups is 1. The zero-order chi connectivity index (χ0) is 15.7. The predicted octanol–water partition coefficient (Wildman–Crippen LogP) is 2.05. The summed E-state index contributed by atoms with van der Waals surface area (Å²) >= 11 is 1.71. The third-order valence-corrected chi connectivity index (χ3v) is 4.76. The van der Waals surface area contributed by atoms with Gasteiger partial charge in [0, 0.05) is 17.8 Å². The molecule has 2 N–H and O–H groups in total. The maximum Gasteiger partial charge on any atom is 0.231 e. The minimum Gasteiger partial charge on any atom is -0.369 e. The van der Waals surface area contributed by atoms with Crippen molar-refractivity contribution in [2.24, 2.45) is 10.7 Å². The van der Waals surface area contributed by atoms with Crippen molar-refractivity contribution < 1.29 is 4.79 Å². The number of hydrogen-bond acceptors (Lipinski definition) is 5. The lowest BCUT2D eigenvalue weighted by Gasteiger charge is -2.29. The van der Waals surface area contributed by atoms with Gasteiger partial charge in [-0.05, 0) is 48.6 Å². The molecule has 0 saturated carbocycles. The van der Waals surface area contributed by atoms with E-state index in [1.165, 1.54) is 10.1 Å². The molecule has 1 aromatic heterocycles. The topological polar surface area (TPSA) is 61.9 Å². The molecule has 3 rings (SSSR count). The number of carbonyl (C=O) groups is 1. The molecule has 116 valence electrons. The highest BCUT2D eigenvalue weighted by Crippen LogP contribution is 2.30. The zero-order valence-electron chi connectivity index (χ0n) is 12.8. The van der Waals surface area contributed by atoms with E-state index in [9.17, 15) is 4.79 Å². The number of carbonyl (C=O) groups excluding carboxylic acids is 1. The highest BCUT2D eigenvalue weighted by Gasteiger charge is 2.28. The van der Waals surface area contributed by atoms with Crippen LogP contribution in [-0.4, -0.2) is 48.9 Å². The summed E-state index contributed by atoms with van der Waals surface area (Å²) in [5.74, 6) is 0.373. The SMILES string of the molecule is CN(C)CCN1C(=O)C[C@@H](c2ccc3sccc3c2)N=C1N. The maximum absolute atomic E-state index is 12.4. The smallest absolute Gasteiger partial charge is 0.231 e. The number of hydrogen-bond donors (Lipinski definition) is 1. The molecule has 0 unspecified atom stereocenters. The van der Waals surface area contributed by atoms with E-state index in [4.69, 9.17) is 5.73 Å². The van der Waals surface area contributed by atoms with E-state index in [1.54, 1.807) is 16.2 Å². The predicted molar refractivity (Wildman–Crippen MR) is 91.1 cm³/mol. The van der Waals surface area contributed by atoms with Crippen LogP contribution < -0.4 is 5.73 Å². The molecule has 1 aliphatic heterocycles. The van der Waals surface area contributed by atoms with E-state index in [2.05, 4.69) is 28.6 Å². The fourth-order valence-electron chi connectivity index (χ4n) is 2.60. The largest absolute Gasteiger partial charge is 0.369 e. The molecule has 1 amide bonds. The average molecular weight is 316 g/mol. The number of amides is 1. The van der Waals surface area contributed by atoms with Gasteiger partial charge in [-0.2, -0.15) is 0 Å². The molecule has 0 fully saturated rings. The van der Waals surface area contributed by atoms with Crippen molar-refractivity contribution in [2.45, 2.75) is 12.5 Å². The molecule has 1 aromatic carbocycles. The van der Waals surface area contributed by atoms with E-state index >= 15 is 0 Å². The molecule has 0 radical (unpaired) electrons. The van der Waals surface area contributed by atoms with Crippen LogP contribution in [0.3, 0.4) is 0 Å². The average Bonchev–Trinajstić information content (AvgIpc) is 2.93. The second kappa shape index (κ2) is 6.06. The Balaban J connectivity index is 1.82. The van der Waals surface area contributed by atoms with E-state index in [-0.39, 0.29) is 11.9 Å². The van der Waals surface area contributed by atoms with Crippen LogP contribution in [0.2, 0.25) is 0 Å². The third-order valence-electron chi connectivity index (χ3n) is 3.87. The van der Waals surface area contributed by atoms with E-state index in [0.717, 1.165) is 12.1 Å². The van der Waals surface area contributed by atoms with Crippen LogP contribution in [0.4, 0.5) is 0 Å². The summed E-state index contributed by atoms with van der Waals surface area (Å²) in [5.41, 5.74) is 7.07. The van der Waals surface area contributed by atoms with Crippen molar-refractivity contribution in [1.82, 2.24) is 9.80 Å². The van der Waals surface area contributed by atoms with Gasteiger partial charge in [-0.15, -0.1) is 11.3 Å². The quantitative estimate of drug-likeness (QED) is 0.939. The lowest BCUT2D eigenvalue weighted by molar-refractivity contribution is -0.128. The second-order valence-electron chi connectivity index (χ2n) is 5.77.